The van der Waals surface area contributed by atoms with E-state index in [0.717, 1.165) is 11.4 Å². The van der Waals surface area contributed by atoms with Crippen LogP contribution in [0.1, 0.15) is 11.1 Å². The van der Waals surface area contributed by atoms with Crippen LogP contribution in [-0.2, 0) is 5.75 Å². The molecule has 1 aromatic heterocycles. The Morgan fingerprint density at radius 3 is 2.87 bits per heavy atom. The fraction of sp³-hybridized carbons (Fsp3) is 0.167. The topological polar surface area (TPSA) is 26.0 Å². The van der Waals surface area contributed by atoms with Gasteiger partial charge >= 0.3 is 0 Å². The number of thiophene rings is 1. The highest BCUT2D eigenvalue weighted by Gasteiger charge is 2.02. The average molecular weight is 235 g/mol. The van der Waals surface area contributed by atoms with E-state index in [-0.39, 0.29) is 0 Å². The van der Waals surface area contributed by atoms with Gasteiger partial charge in [0.15, 0.2) is 0 Å². The van der Waals surface area contributed by atoms with Gasteiger partial charge in [-0.3, -0.25) is 0 Å². The number of rotatable bonds is 3. The third-order valence-corrected chi connectivity index (χ3v) is 4.53. The molecule has 1 nitrogen and oxygen atoms in total. The summed E-state index contributed by atoms with van der Waals surface area (Å²) in [6.45, 7) is 2.08. The maximum atomic E-state index is 5.86. The number of anilines is 1. The Labute approximate surface area is 98.3 Å². The quantitative estimate of drug-likeness (QED) is 0.644. The number of benzene rings is 1. The SMILES string of the molecule is Cc1c(N)cccc1CSc1cccs1. The van der Waals surface area contributed by atoms with E-state index < -0.39 is 0 Å². The third kappa shape index (κ3) is 2.55. The molecule has 0 aliphatic carbocycles. The molecule has 15 heavy (non-hydrogen) atoms. The van der Waals surface area contributed by atoms with Crippen molar-refractivity contribution < 1.29 is 0 Å². The van der Waals surface area contributed by atoms with E-state index in [9.17, 15) is 0 Å². The van der Waals surface area contributed by atoms with Crippen LogP contribution in [0, 0.1) is 6.92 Å². The summed E-state index contributed by atoms with van der Waals surface area (Å²) in [6, 6.07) is 10.4. The summed E-state index contributed by atoms with van der Waals surface area (Å²) in [5, 5.41) is 2.11. The van der Waals surface area contributed by atoms with Gasteiger partial charge in [0.1, 0.15) is 0 Å². The van der Waals surface area contributed by atoms with Crippen LogP contribution in [0.25, 0.3) is 0 Å². The molecule has 2 aromatic rings. The number of thioether (sulfide) groups is 1. The molecule has 1 aromatic carbocycles. The van der Waals surface area contributed by atoms with Crippen molar-refractivity contribution in [3.8, 4) is 0 Å². The zero-order chi connectivity index (χ0) is 10.7. The third-order valence-electron chi connectivity index (χ3n) is 2.35. The molecule has 1 heterocycles. The van der Waals surface area contributed by atoms with E-state index in [1.54, 1.807) is 11.3 Å². The molecule has 2 N–H and O–H groups in total. The standard InChI is InChI=1S/C12H13NS2/c1-9-10(4-2-5-11(9)13)8-15-12-6-3-7-14-12/h2-7H,8,13H2,1H3. The summed E-state index contributed by atoms with van der Waals surface area (Å²) >= 11 is 3.65. The first kappa shape index (κ1) is 10.6. The van der Waals surface area contributed by atoms with Crippen molar-refractivity contribution in [2.45, 2.75) is 16.9 Å². The predicted octanol–water partition coefficient (Wildman–Crippen LogP) is 3.93. The van der Waals surface area contributed by atoms with Gasteiger partial charge in [-0.2, -0.15) is 0 Å². The van der Waals surface area contributed by atoms with Crippen molar-refractivity contribution in [3.63, 3.8) is 0 Å². The summed E-state index contributed by atoms with van der Waals surface area (Å²) in [4.78, 5) is 0. The van der Waals surface area contributed by atoms with Gasteiger partial charge in [-0.05, 0) is 35.6 Å². The number of hydrogen-bond acceptors (Lipinski definition) is 3. The summed E-state index contributed by atoms with van der Waals surface area (Å²) < 4.78 is 1.36. The molecule has 0 fully saturated rings. The van der Waals surface area contributed by atoms with Gasteiger partial charge in [-0.25, -0.2) is 0 Å². The molecule has 0 bridgehead atoms. The highest BCUT2D eigenvalue weighted by molar-refractivity contribution is 8.00. The van der Waals surface area contributed by atoms with Crippen molar-refractivity contribution in [1.29, 1.82) is 0 Å². The van der Waals surface area contributed by atoms with Crippen LogP contribution in [0.4, 0.5) is 5.69 Å². The molecule has 0 radical (unpaired) electrons. The Morgan fingerprint density at radius 1 is 1.27 bits per heavy atom. The fourth-order valence-corrected chi connectivity index (χ4v) is 3.20. The van der Waals surface area contributed by atoms with Crippen LogP contribution in [0.5, 0.6) is 0 Å². The molecule has 3 heteroatoms. The zero-order valence-electron chi connectivity index (χ0n) is 8.57. The van der Waals surface area contributed by atoms with Crippen molar-refractivity contribution in [3.05, 3.63) is 46.8 Å². The molecule has 0 spiro atoms. The lowest BCUT2D eigenvalue weighted by atomic mass is 10.1. The maximum Gasteiger partial charge on any atom is 0.0601 e. The molecule has 0 aliphatic heterocycles. The van der Waals surface area contributed by atoms with Gasteiger partial charge in [-0.1, -0.05) is 18.2 Å². The fourth-order valence-electron chi connectivity index (χ4n) is 1.35. The molecule has 0 unspecified atom stereocenters. The van der Waals surface area contributed by atoms with Crippen LogP contribution in [0.15, 0.2) is 39.9 Å². The molecule has 0 aliphatic rings. The molecular formula is C12H13NS2. The van der Waals surface area contributed by atoms with Gasteiger partial charge in [0.25, 0.3) is 0 Å². The van der Waals surface area contributed by atoms with Gasteiger partial charge in [-0.15, -0.1) is 23.1 Å². The van der Waals surface area contributed by atoms with E-state index >= 15 is 0 Å². The normalized spacial score (nSPS) is 10.5. The minimum absolute atomic E-state index is 0.888. The van der Waals surface area contributed by atoms with Crippen molar-refractivity contribution in [1.82, 2.24) is 0 Å². The first-order chi connectivity index (χ1) is 7.27. The van der Waals surface area contributed by atoms with E-state index in [2.05, 4.69) is 30.5 Å². The maximum absolute atomic E-state index is 5.86. The average Bonchev–Trinajstić information content (AvgIpc) is 2.73. The molecule has 0 saturated heterocycles. The lowest BCUT2D eigenvalue weighted by Crippen LogP contribution is -1.93. The Balaban J connectivity index is 2.08. The summed E-state index contributed by atoms with van der Waals surface area (Å²) in [5.74, 6) is 0.997. The molecule has 78 valence electrons. The van der Waals surface area contributed by atoms with E-state index in [1.165, 1.54) is 15.3 Å². The second-order valence-corrected chi connectivity index (χ2v) is 5.58. The second-order valence-electron chi connectivity index (χ2n) is 3.35. The molecular weight excluding hydrogens is 222 g/mol. The minimum Gasteiger partial charge on any atom is -0.399 e. The van der Waals surface area contributed by atoms with Crippen molar-refractivity contribution in [2.75, 3.05) is 5.73 Å². The Bertz CT molecular complexity index is 435. The summed E-state index contributed by atoms with van der Waals surface area (Å²) in [7, 11) is 0. The Morgan fingerprint density at radius 2 is 2.13 bits per heavy atom. The number of nitrogens with two attached hydrogens (primary N) is 1. The predicted molar refractivity (Wildman–Crippen MR) is 69.5 cm³/mol. The van der Waals surface area contributed by atoms with Crippen LogP contribution < -0.4 is 5.73 Å². The zero-order valence-corrected chi connectivity index (χ0v) is 10.2. The largest absolute Gasteiger partial charge is 0.399 e. The smallest absolute Gasteiger partial charge is 0.0601 e. The van der Waals surface area contributed by atoms with Crippen LogP contribution >= 0.6 is 23.1 Å². The van der Waals surface area contributed by atoms with Crippen LogP contribution in [-0.4, -0.2) is 0 Å². The first-order valence-corrected chi connectivity index (χ1v) is 6.64. The Hall–Kier alpha value is -0.930. The second kappa shape index (κ2) is 4.73. The molecule has 0 atom stereocenters. The summed E-state index contributed by atoms with van der Waals surface area (Å²) in [5.41, 5.74) is 9.29. The van der Waals surface area contributed by atoms with E-state index in [0.29, 0.717) is 0 Å². The van der Waals surface area contributed by atoms with Gasteiger partial charge in [0.2, 0.25) is 0 Å². The number of nitrogen functional groups attached to an aromatic ring is 1. The summed E-state index contributed by atoms with van der Waals surface area (Å²) in [6.07, 6.45) is 0. The van der Waals surface area contributed by atoms with E-state index in [1.807, 2.05) is 23.9 Å². The van der Waals surface area contributed by atoms with Gasteiger partial charge in [0.05, 0.1) is 4.21 Å². The van der Waals surface area contributed by atoms with Crippen molar-refractivity contribution in [2.24, 2.45) is 0 Å². The minimum atomic E-state index is 0.888. The van der Waals surface area contributed by atoms with Crippen LogP contribution in [0.3, 0.4) is 0 Å². The van der Waals surface area contributed by atoms with Gasteiger partial charge in [0, 0.05) is 11.4 Å². The molecule has 2 rings (SSSR count). The highest BCUT2D eigenvalue weighted by atomic mass is 32.2. The highest BCUT2D eigenvalue weighted by Crippen LogP contribution is 2.29. The van der Waals surface area contributed by atoms with E-state index in [4.69, 9.17) is 5.73 Å². The monoisotopic (exact) mass is 235 g/mol. The first-order valence-electron chi connectivity index (χ1n) is 4.77. The van der Waals surface area contributed by atoms with Crippen LogP contribution in [0.2, 0.25) is 0 Å². The Kier molecular flexibility index (Phi) is 3.34. The molecule has 0 saturated carbocycles. The molecule has 0 amide bonds. The van der Waals surface area contributed by atoms with Gasteiger partial charge < -0.3 is 5.73 Å². The lowest BCUT2D eigenvalue weighted by Gasteiger charge is -2.06. The lowest BCUT2D eigenvalue weighted by molar-refractivity contribution is 1.31. The van der Waals surface area contributed by atoms with Crippen molar-refractivity contribution >= 4 is 28.8 Å². The number of hydrogen-bond donors (Lipinski definition) is 1.